The largest absolute Gasteiger partial charge is 0.373 e. The highest BCUT2D eigenvalue weighted by molar-refractivity contribution is 5.73. The van der Waals surface area contributed by atoms with Gasteiger partial charge in [-0.05, 0) is 86.2 Å². The van der Waals surface area contributed by atoms with Gasteiger partial charge in [0.15, 0.2) is 0 Å². The van der Waals surface area contributed by atoms with Crippen LogP contribution in [0.5, 0.6) is 0 Å². The average molecular weight is 631 g/mol. The summed E-state index contributed by atoms with van der Waals surface area (Å²) in [5.74, 6) is 5.91. The summed E-state index contributed by atoms with van der Waals surface area (Å²) >= 11 is 0. The van der Waals surface area contributed by atoms with Gasteiger partial charge in [0.2, 0.25) is 0 Å². The van der Waals surface area contributed by atoms with Crippen LogP contribution in [0.1, 0.15) is 33.6 Å². The van der Waals surface area contributed by atoms with Crippen LogP contribution in [0.4, 0.5) is 10.1 Å². The molecule has 0 unspecified atom stereocenters. The van der Waals surface area contributed by atoms with Crippen molar-refractivity contribution in [1.82, 2.24) is 35.5 Å². The number of aromatic amines is 2. The fraction of sp³-hybridized carbons (Fsp3) is 0.263. The molecule has 0 radical (unpaired) electrons. The maximum atomic E-state index is 13.2. The molecule has 0 saturated carbocycles. The van der Waals surface area contributed by atoms with E-state index in [0.717, 1.165) is 55.1 Å². The Bertz CT molecular complexity index is 1790. The molecule has 0 saturated heterocycles. The number of nitrogens with one attached hydrogen (secondary N) is 3. The SMILES string of the molecule is CNCCN(C)Cc1c[nH]nc1/C=C/c1ccc(-c2cccc(N(C)CCN(C)Cc3c[nH]nc3C#Cc3ccc(F)cc3)c2)cc1. The maximum Gasteiger partial charge on any atom is 0.139 e. The number of nitrogens with zero attached hydrogens (tertiary/aromatic N) is 5. The van der Waals surface area contributed by atoms with Gasteiger partial charge in [0.25, 0.3) is 0 Å². The van der Waals surface area contributed by atoms with Crippen molar-refractivity contribution >= 4 is 17.8 Å². The molecule has 242 valence electrons. The molecule has 5 rings (SSSR count). The molecule has 0 spiro atoms. The van der Waals surface area contributed by atoms with Gasteiger partial charge in [0, 0.05) is 81.1 Å². The molecule has 0 aliphatic carbocycles. The zero-order valence-corrected chi connectivity index (χ0v) is 27.6. The second-order valence-corrected chi connectivity index (χ2v) is 11.8. The first-order chi connectivity index (χ1) is 22.9. The lowest BCUT2D eigenvalue weighted by molar-refractivity contribution is 0.328. The number of hydrogen-bond donors (Lipinski definition) is 3. The van der Waals surface area contributed by atoms with Gasteiger partial charge >= 0.3 is 0 Å². The Hall–Kier alpha value is -5.01. The Balaban J connectivity index is 1.14. The monoisotopic (exact) mass is 630 g/mol. The highest BCUT2D eigenvalue weighted by atomic mass is 19.1. The number of halogens is 1. The second-order valence-electron chi connectivity index (χ2n) is 11.8. The van der Waals surface area contributed by atoms with Crippen LogP contribution < -0.4 is 10.2 Å². The topological polar surface area (TPSA) is 79.1 Å². The summed E-state index contributed by atoms with van der Waals surface area (Å²) in [5, 5.41) is 17.9. The third-order valence-corrected chi connectivity index (χ3v) is 8.05. The Morgan fingerprint density at radius 2 is 1.49 bits per heavy atom. The lowest BCUT2D eigenvalue weighted by atomic mass is 10.0. The molecule has 0 fully saturated rings. The molecule has 47 heavy (non-hydrogen) atoms. The highest BCUT2D eigenvalue weighted by Crippen LogP contribution is 2.25. The summed E-state index contributed by atoms with van der Waals surface area (Å²) in [5.41, 5.74) is 9.29. The summed E-state index contributed by atoms with van der Waals surface area (Å²) in [6, 6.07) is 23.5. The normalized spacial score (nSPS) is 11.4. The predicted molar refractivity (Wildman–Crippen MR) is 190 cm³/mol. The first-order valence-corrected chi connectivity index (χ1v) is 15.8. The van der Waals surface area contributed by atoms with Gasteiger partial charge in [-0.2, -0.15) is 10.2 Å². The number of benzene rings is 3. The van der Waals surface area contributed by atoms with Crippen molar-refractivity contribution in [3.05, 3.63) is 125 Å². The molecule has 0 amide bonds. The minimum absolute atomic E-state index is 0.271. The second kappa shape index (κ2) is 16.5. The van der Waals surface area contributed by atoms with Crippen LogP contribution in [0.25, 0.3) is 23.3 Å². The lowest BCUT2D eigenvalue weighted by Crippen LogP contribution is -2.30. The first kappa shape index (κ1) is 33.4. The van der Waals surface area contributed by atoms with E-state index < -0.39 is 0 Å². The summed E-state index contributed by atoms with van der Waals surface area (Å²) in [6.45, 7) is 5.22. The van der Waals surface area contributed by atoms with Crippen LogP contribution in [0, 0.1) is 17.7 Å². The molecule has 0 aliphatic heterocycles. The third kappa shape index (κ3) is 9.74. The fourth-order valence-corrected chi connectivity index (χ4v) is 5.18. The number of H-pyrrole nitrogens is 2. The number of anilines is 1. The van der Waals surface area contributed by atoms with Crippen molar-refractivity contribution in [2.45, 2.75) is 13.1 Å². The first-order valence-electron chi connectivity index (χ1n) is 15.8. The van der Waals surface area contributed by atoms with Gasteiger partial charge in [-0.15, -0.1) is 0 Å². The van der Waals surface area contributed by atoms with E-state index in [9.17, 15) is 4.39 Å². The van der Waals surface area contributed by atoms with E-state index in [4.69, 9.17) is 0 Å². The molecule has 0 bridgehead atoms. The zero-order chi connectivity index (χ0) is 33.0. The molecule has 2 heterocycles. The minimum atomic E-state index is -0.271. The van der Waals surface area contributed by atoms with Crippen molar-refractivity contribution in [1.29, 1.82) is 0 Å². The third-order valence-electron chi connectivity index (χ3n) is 8.05. The van der Waals surface area contributed by atoms with Crippen LogP contribution in [0.2, 0.25) is 0 Å². The maximum absolute atomic E-state index is 13.2. The number of hydrogen-bond acceptors (Lipinski definition) is 6. The molecule has 3 N–H and O–H groups in total. The average Bonchev–Trinajstić information content (AvgIpc) is 3.74. The Morgan fingerprint density at radius 3 is 2.28 bits per heavy atom. The molecule has 0 aliphatic rings. The molecular weight excluding hydrogens is 587 g/mol. The number of aromatic nitrogens is 4. The van der Waals surface area contributed by atoms with E-state index in [2.05, 4.69) is 134 Å². The Kier molecular flexibility index (Phi) is 11.7. The molecule has 2 aromatic heterocycles. The lowest BCUT2D eigenvalue weighted by Gasteiger charge is -2.24. The van der Waals surface area contributed by atoms with Crippen LogP contribution >= 0.6 is 0 Å². The fourth-order valence-electron chi connectivity index (χ4n) is 5.18. The summed E-state index contributed by atoms with van der Waals surface area (Å²) in [6.07, 6.45) is 8.06. The minimum Gasteiger partial charge on any atom is -0.373 e. The molecule has 5 aromatic rings. The predicted octanol–water partition coefficient (Wildman–Crippen LogP) is 5.73. The summed E-state index contributed by atoms with van der Waals surface area (Å²) in [4.78, 5) is 6.82. The van der Waals surface area contributed by atoms with Gasteiger partial charge in [-0.1, -0.05) is 48.4 Å². The van der Waals surface area contributed by atoms with Crippen molar-refractivity contribution in [2.75, 3.05) is 59.3 Å². The van der Waals surface area contributed by atoms with Crippen LogP contribution in [0.3, 0.4) is 0 Å². The van der Waals surface area contributed by atoms with Gasteiger partial charge in [0.1, 0.15) is 11.5 Å². The van der Waals surface area contributed by atoms with Crippen molar-refractivity contribution in [3.63, 3.8) is 0 Å². The van der Waals surface area contributed by atoms with E-state index >= 15 is 0 Å². The van der Waals surface area contributed by atoms with Crippen LogP contribution in [-0.4, -0.2) is 84.6 Å². The van der Waals surface area contributed by atoms with E-state index in [0.29, 0.717) is 12.2 Å². The summed E-state index contributed by atoms with van der Waals surface area (Å²) in [7, 11) is 8.32. The van der Waals surface area contributed by atoms with Gasteiger partial charge in [-0.25, -0.2) is 4.39 Å². The number of rotatable bonds is 14. The van der Waals surface area contributed by atoms with E-state index in [-0.39, 0.29) is 5.82 Å². The van der Waals surface area contributed by atoms with Crippen LogP contribution in [-0.2, 0) is 13.1 Å². The van der Waals surface area contributed by atoms with Crippen molar-refractivity contribution in [3.8, 4) is 23.0 Å². The highest BCUT2D eigenvalue weighted by Gasteiger charge is 2.10. The van der Waals surface area contributed by atoms with Gasteiger partial charge in [0.05, 0.1) is 5.69 Å². The van der Waals surface area contributed by atoms with E-state index in [1.807, 2.05) is 19.4 Å². The van der Waals surface area contributed by atoms with Gasteiger partial charge < -0.3 is 20.0 Å². The Morgan fingerprint density at radius 1 is 0.766 bits per heavy atom. The standard InChI is InChI=1S/C38H43FN8/c1-40-20-21-45(2)27-33-25-41-43-37(33)18-12-29-8-14-31(15-9-29)32-6-5-7-36(24-32)47(4)23-22-46(3)28-34-26-42-44-38(34)19-13-30-10-16-35(39)17-11-30/h5-12,14-18,24-26,40H,20-23,27-28H2,1-4H3,(H,41,43)(H,42,44)/b18-12+. The van der Waals surface area contributed by atoms with E-state index in [1.165, 1.54) is 34.5 Å². The molecule has 0 atom stereocenters. The molecular formula is C38H43FN8. The quantitative estimate of drug-likeness (QED) is 0.136. The van der Waals surface area contributed by atoms with Gasteiger partial charge in [-0.3, -0.25) is 10.2 Å². The van der Waals surface area contributed by atoms with Crippen molar-refractivity contribution in [2.24, 2.45) is 0 Å². The molecule has 3 aromatic carbocycles. The smallest absolute Gasteiger partial charge is 0.139 e. The molecule has 8 nitrogen and oxygen atoms in total. The zero-order valence-electron chi connectivity index (χ0n) is 27.6. The number of likely N-dealkylation sites (N-methyl/N-ethyl adjacent to an activating group) is 4. The van der Waals surface area contributed by atoms with Crippen LogP contribution in [0.15, 0.2) is 85.2 Å². The van der Waals surface area contributed by atoms with Crippen molar-refractivity contribution < 1.29 is 4.39 Å². The Labute approximate surface area is 277 Å². The summed E-state index contributed by atoms with van der Waals surface area (Å²) < 4.78 is 13.2. The van der Waals surface area contributed by atoms with E-state index in [1.54, 1.807) is 12.1 Å². The molecule has 9 heteroatoms.